The molecule has 1 amide bonds. The van der Waals surface area contributed by atoms with Gasteiger partial charge in [0.05, 0.1) is 5.52 Å². The van der Waals surface area contributed by atoms with Crippen LogP contribution in [0.4, 0.5) is 0 Å². The van der Waals surface area contributed by atoms with Crippen molar-refractivity contribution in [2.24, 2.45) is 16.5 Å². The van der Waals surface area contributed by atoms with Gasteiger partial charge in [-0.3, -0.25) is 4.79 Å². The van der Waals surface area contributed by atoms with Gasteiger partial charge < -0.3 is 11.5 Å². The molecule has 6 heteroatoms. The van der Waals surface area contributed by atoms with Crippen molar-refractivity contribution in [3.63, 3.8) is 0 Å². The van der Waals surface area contributed by atoms with E-state index in [0.717, 1.165) is 10.9 Å². The van der Waals surface area contributed by atoms with E-state index in [1.54, 1.807) is 12.1 Å². The predicted molar refractivity (Wildman–Crippen MR) is 69.1 cm³/mol. The van der Waals surface area contributed by atoms with Crippen LogP contribution in [0.3, 0.4) is 0 Å². The molecular formula is C11H11ClN4O. The number of carbonyl (C=O) groups excluding carboxylic acids is 1. The molecule has 0 aliphatic heterocycles. The van der Waals surface area contributed by atoms with E-state index in [1.165, 1.54) is 0 Å². The minimum Gasteiger partial charge on any atom is -0.370 e. The topological polar surface area (TPSA) is 94.4 Å². The first-order valence-electron chi connectivity index (χ1n) is 4.66. The molecule has 17 heavy (non-hydrogen) atoms. The van der Waals surface area contributed by atoms with Gasteiger partial charge in [-0.05, 0) is 12.1 Å². The summed E-state index contributed by atoms with van der Waals surface area (Å²) < 4.78 is 0. The summed E-state index contributed by atoms with van der Waals surface area (Å²) in [6.07, 6.45) is 0. The fourth-order valence-electron chi connectivity index (χ4n) is 1.36. The van der Waals surface area contributed by atoms with Crippen molar-refractivity contribution in [2.45, 2.75) is 0 Å². The van der Waals surface area contributed by atoms with Gasteiger partial charge in [0.25, 0.3) is 5.91 Å². The zero-order chi connectivity index (χ0) is 11.5. The second-order valence-corrected chi connectivity index (χ2v) is 3.23. The van der Waals surface area contributed by atoms with Crippen LogP contribution in [0.25, 0.3) is 10.9 Å². The van der Waals surface area contributed by atoms with Crippen molar-refractivity contribution in [1.82, 2.24) is 4.98 Å². The molecule has 0 saturated carbocycles. The normalized spacial score (nSPS) is 9.41. The molecule has 0 aliphatic rings. The summed E-state index contributed by atoms with van der Waals surface area (Å²) >= 11 is 0. The van der Waals surface area contributed by atoms with Crippen LogP contribution < -0.4 is 11.5 Å². The van der Waals surface area contributed by atoms with Gasteiger partial charge in [-0.15, -0.1) is 12.4 Å². The van der Waals surface area contributed by atoms with E-state index in [2.05, 4.69) is 9.98 Å². The molecule has 2 aromatic rings. The quantitative estimate of drug-likeness (QED) is 0.585. The molecule has 0 saturated heterocycles. The molecule has 1 aromatic heterocycles. The maximum atomic E-state index is 11.5. The molecule has 5 nitrogen and oxygen atoms in total. The molecule has 2 rings (SSSR count). The predicted octanol–water partition coefficient (Wildman–Crippen LogP) is 1.07. The molecule has 4 N–H and O–H groups in total. The van der Waals surface area contributed by atoms with Crippen LogP contribution in [-0.4, -0.2) is 16.9 Å². The number of aromatic nitrogens is 1. The molecule has 88 valence electrons. The van der Waals surface area contributed by atoms with Gasteiger partial charge in [-0.25, -0.2) is 4.98 Å². The second kappa shape index (κ2) is 5.27. The van der Waals surface area contributed by atoms with Crippen molar-refractivity contribution < 1.29 is 4.79 Å². The largest absolute Gasteiger partial charge is 0.370 e. The molecule has 0 fully saturated rings. The van der Waals surface area contributed by atoms with Crippen molar-refractivity contribution in [3.05, 3.63) is 42.1 Å². The number of amides is 1. The van der Waals surface area contributed by atoms with Gasteiger partial charge in [-0.2, -0.15) is 4.99 Å². The number of rotatable bonds is 1. The third-order valence-electron chi connectivity index (χ3n) is 2.05. The molecule has 0 radical (unpaired) electrons. The Bertz CT molecular complexity index is 578. The number of aliphatic imine (C=N–C) groups is 1. The number of nitrogens with zero attached hydrogens (tertiary/aromatic N) is 2. The molecule has 0 unspecified atom stereocenters. The first kappa shape index (κ1) is 12.9. The molecule has 1 aromatic carbocycles. The maximum absolute atomic E-state index is 11.5. The highest BCUT2D eigenvalue weighted by atomic mass is 35.5. The Morgan fingerprint density at radius 1 is 1.12 bits per heavy atom. The average molecular weight is 251 g/mol. The number of hydrogen-bond acceptors (Lipinski definition) is 2. The van der Waals surface area contributed by atoms with Crippen LogP contribution in [0, 0.1) is 0 Å². The number of carbonyl (C=O) groups is 1. The summed E-state index contributed by atoms with van der Waals surface area (Å²) in [5, 5.41) is 0.962. The number of nitrogens with two attached hydrogens (primary N) is 2. The number of para-hydroxylation sites is 1. The summed E-state index contributed by atoms with van der Waals surface area (Å²) in [4.78, 5) is 19.1. The van der Waals surface area contributed by atoms with Crippen molar-refractivity contribution in [2.75, 3.05) is 0 Å². The third-order valence-corrected chi connectivity index (χ3v) is 2.05. The van der Waals surface area contributed by atoms with Gasteiger partial charge in [0, 0.05) is 5.39 Å². The van der Waals surface area contributed by atoms with Crippen molar-refractivity contribution in [3.8, 4) is 0 Å². The van der Waals surface area contributed by atoms with Crippen LogP contribution in [-0.2, 0) is 0 Å². The molecular weight excluding hydrogens is 240 g/mol. The van der Waals surface area contributed by atoms with Gasteiger partial charge in [-0.1, -0.05) is 24.3 Å². The Kier molecular flexibility index (Phi) is 4.01. The summed E-state index contributed by atoms with van der Waals surface area (Å²) in [5.74, 6) is -0.800. The number of benzene rings is 1. The highest BCUT2D eigenvalue weighted by Gasteiger charge is 2.06. The molecule has 1 heterocycles. The summed E-state index contributed by atoms with van der Waals surface area (Å²) in [6, 6.07) is 10.9. The fourth-order valence-corrected chi connectivity index (χ4v) is 1.36. The maximum Gasteiger partial charge on any atom is 0.298 e. The lowest BCUT2D eigenvalue weighted by atomic mass is 10.2. The van der Waals surface area contributed by atoms with Gasteiger partial charge in [0.15, 0.2) is 5.96 Å². The van der Waals surface area contributed by atoms with E-state index >= 15 is 0 Å². The van der Waals surface area contributed by atoms with Crippen LogP contribution in [0.15, 0.2) is 41.4 Å². The first-order valence-corrected chi connectivity index (χ1v) is 4.66. The lowest BCUT2D eigenvalue weighted by Crippen LogP contribution is -2.24. The number of pyridine rings is 1. The van der Waals surface area contributed by atoms with E-state index in [4.69, 9.17) is 11.5 Å². The van der Waals surface area contributed by atoms with Gasteiger partial charge in [0.1, 0.15) is 5.69 Å². The van der Waals surface area contributed by atoms with Gasteiger partial charge >= 0.3 is 0 Å². The van der Waals surface area contributed by atoms with Crippen molar-refractivity contribution >= 4 is 35.2 Å². The Labute approximate surface area is 104 Å². The Balaban J connectivity index is 0.00000144. The van der Waals surface area contributed by atoms with Crippen LogP contribution in [0.2, 0.25) is 0 Å². The highest BCUT2D eigenvalue weighted by molar-refractivity contribution is 6.01. The van der Waals surface area contributed by atoms with E-state index < -0.39 is 5.91 Å². The lowest BCUT2D eigenvalue weighted by molar-refractivity contribution is 0.0998. The zero-order valence-electron chi connectivity index (χ0n) is 8.83. The summed E-state index contributed by atoms with van der Waals surface area (Å²) in [5.41, 5.74) is 11.2. The van der Waals surface area contributed by atoms with Crippen LogP contribution >= 0.6 is 12.4 Å². The Morgan fingerprint density at radius 3 is 2.53 bits per heavy atom. The average Bonchev–Trinajstić information content (AvgIpc) is 2.27. The Hall–Kier alpha value is -2.14. The smallest absolute Gasteiger partial charge is 0.298 e. The summed E-state index contributed by atoms with van der Waals surface area (Å²) in [6.45, 7) is 0. The van der Waals surface area contributed by atoms with Crippen molar-refractivity contribution in [1.29, 1.82) is 0 Å². The fraction of sp³-hybridized carbons (Fsp3) is 0. The molecule has 0 spiro atoms. The van der Waals surface area contributed by atoms with Crippen LogP contribution in [0.5, 0.6) is 0 Å². The number of hydrogen-bond donors (Lipinski definition) is 2. The number of guanidine groups is 1. The van der Waals surface area contributed by atoms with E-state index in [9.17, 15) is 4.79 Å². The number of fused-ring (bicyclic) bond motifs is 1. The summed E-state index contributed by atoms with van der Waals surface area (Å²) in [7, 11) is 0. The lowest BCUT2D eigenvalue weighted by Gasteiger charge is -1.99. The van der Waals surface area contributed by atoms with Crippen LogP contribution in [0.1, 0.15) is 10.5 Å². The van der Waals surface area contributed by atoms with E-state index in [1.807, 2.05) is 24.3 Å². The third kappa shape index (κ3) is 2.92. The molecule has 0 atom stereocenters. The number of halogens is 1. The first-order chi connectivity index (χ1) is 7.66. The SMILES string of the molecule is Cl.NC(N)=NC(=O)c1ccc2ccccc2n1. The molecule has 0 aliphatic carbocycles. The standard InChI is InChI=1S/C11H10N4O.ClH/c12-11(13)15-10(16)9-6-5-7-3-1-2-4-8(7)14-9;/h1-6H,(H4,12,13,15,16);1H. The monoisotopic (exact) mass is 250 g/mol. The minimum absolute atomic E-state index is 0. The highest BCUT2D eigenvalue weighted by Crippen LogP contribution is 2.12. The zero-order valence-corrected chi connectivity index (χ0v) is 9.65. The minimum atomic E-state index is -0.536. The van der Waals surface area contributed by atoms with E-state index in [0.29, 0.717) is 0 Å². The van der Waals surface area contributed by atoms with Gasteiger partial charge in [0.2, 0.25) is 0 Å². The second-order valence-electron chi connectivity index (χ2n) is 3.23. The Morgan fingerprint density at radius 2 is 1.82 bits per heavy atom. The van der Waals surface area contributed by atoms with E-state index in [-0.39, 0.29) is 24.1 Å². The molecule has 0 bridgehead atoms.